The van der Waals surface area contributed by atoms with E-state index >= 15 is 0 Å². The Morgan fingerprint density at radius 1 is 1.17 bits per heavy atom. The van der Waals surface area contributed by atoms with Crippen LogP contribution in [-0.2, 0) is 27.6 Å². The van der Waals surface area contributed by atoms with Crippen molar-refractivity contribution in [2.24, 2.45) is 4.99 Å². The normalized spacial score (nSPS) is 21.6. The first-order chi connectivity index (χ1) is 14.4. The van der Waals surface area contributed by atoms with E-state index < -0.39 is 9.84 Å². The van der Waals surface area contributed by atoms with Crippen LogP contribution in [0.3, 0.4) is 0 Å². The number of amides is 1. The fourth-order valence-corrected chi connectivity index (χ4v) is 7.15. The second kappa shape index (κ2) is 8.69. The maximum absolute atomic E-state index is 12.2. The van der Waals surface area contributed by atoms with E-state index in [1.165, 1.54) is 11.8 Å². The molecule has 1 fully saturated rings. The monoisotopic (exact) mass is 445 g/mol. The van der Waals surface area contributed by atoms with Gasteiger partial charge in [0.15, 0.2) is 15.0 Å². The number of rotatable bonds is 6. The van der Waals surface area contributed by atoms with Crippen molar-refractivity contribution >= 4 is 38.4 Å². The highest BCUT2D eigenvalue weighted by molar-refractivity contribution is 8.15. The summed E-state index contributed by atoms with van der Waals surface area (Å²) < 4.78 is 28.5. The van der Waals surface area contributed by atoms with Gasteiger partial charge in [-0.2, -0.15) is 0 Å². The molecule has 30 heavy (non-hydrogen) atoms. The molecule has 0 aliphatic carbocycles. The lowest BCUT2D eigenvalue weighted by Gasteiger charge is -2.09. The summed E-state index contributed by atoms with van der Waals surface area (Å²) in [6, 6.07) is 15.1. The highest BCUT2D eigenvalue weighted by atomic mass is 32.2. The predicted molar refractivity (Wildman–Crippen MR) is 120 cm³/mol. The number of fused-ring (bicyclic) bond motifs is 1. The standard InChI is InChI=1S/C21H23N3O4S2/c1-28-17-4-2-3-15(9-17)11-22-20(25)10-14-5-7-16(8-6-14)23-21-24-18-12-30(26,27)13-19(18)29-21/h2-9,18-19H,10-13H2,1H3,(H,22,25)(H,23,24)/t18-,19+/m1/s1. The molecule has 7 nitrogen and oxygen atoms in total. The number of carbonyl (C=O) groups excluding carboxylic acids is 1. The number of aliphatic imine (C=N–C) groups is 1. The van der Waals surface area contributed by atoms with E-state index in [-0.39, 0.29) is 28.7 Å². The quantitative estimate of drug-likeness (QED) is 0.708. The molecule has 2 atom stereocenters. The Kier molecular flexibility index (Phi) is 6.01. The molecule has 0 aromatic heterocycles. The van der Waals surface area contributed by atoms with Crippen LogP contribution < -0.4 is 15.4 Å². The highest BCUT2D eigenvalue weighted by Gasteiger charge is 2.42. The van der Waals surface area contributed by atoms with Crippen LogP contribution in [0.2, 0.25) is 0 Å². The van der Waals surface area contributed by atoms with Gasteiger partial charge in [-0.05, 0) is 35.4 Å². The molecule has 2 aromatic rings. The Labute approximate surface area is 180 Å². The number of nitrogens with zero attached hydrogens (tertiary/aromatic N) is 1. The van der Waals surface area contributed by atoms with E-state index in [9.17, 15) is 13.2 Å². The van der Waals surface area contributed by atoms with Crippen molar-refractivity contribution in [2.75, 3.05) is 23.9 Å². The number of ether oxygens (including phenoxy) is 1. The molecular formula is C21H23N3O4S2. The second-order valence-electron chi connectivity index (χ2n) is 7.36. The van der Waals surface area contributed by atoms with Crippen LogP contribution in [0.15, 0.2) is 53.5 Å². The zero-order valence-corrected chi connectivity index (χ0v) is 18.1. The van der Waals surface area contributed by atoms with Crippen molar-refractivity contribution in [3.63, 3.8) is 0 Å². The average molecular weight is 446 g/mol. The minimum Gasteiger partial charge on any atom is -0.497 e. The average Bonchev–Trinajstić information content (AvgIpc) is 3.20. The van der Waals surface area contributed by atoms with E-state index in [1.807, 2.05) is 48.5 Å². The first-order valence-electron chi connectivity index (χ1n) is 9.61. The molecule has 0 spiro atoms. The van der Waals surface area contributed by atoms with Gasteiger partial charge in [-0.3, -0.25) is 9.79 Å². The third kappa shape index (κ3) is 5.14. The smallest absolute Gasteiger partial charge is 0.224 e. The Morgan fingerprint density at radius 2 is 1.97 bits per heavy atom. The minimum atomic E-state index is -2.94. The minimum absolute atomic E-state index is 0.0186. The molecule has 2 heterocycles. The van der Waals surface area contributed by atoms with Gasteiger partial charge in [0.05, 0.1) is 31.1 Å². The van der Waals surface area contributed by atoms with Crippen molar-refractivity contribution in [1.82, 2.24) is 5.32 Å². The van der Waals surface area contributed by atoms with Gasteiger partial charge >= 0.3 is 0 Å². The van der Waals surface area contributed by atoms with Crippen LogP contribution in [-0.4, -0.2) is 49.4 Å². The number of sulfone groups is 1. The molecule has 158 valence electrons. The largest absolute Gasteiger partial charge is 0.497 e. The van der Waals surface area contributed by atoms with Crippen molar-refractivity contribution in [1.29, 1.82) is 0 Å². The second-order valence-corrected chi connectivity index (χ2v) is 10.7. The zero-order valence-electron chi connectivity index (χ0n) is 16.5. The molecule has 0 unspecified atom stereocenters. The van der Waals surface area contributed by atoms with E-state index in [0.717, 1.165) is 27.7 Å². The lowest BCUT2D eigenvalue weighted by Crippen LogP contribution is -2.24. The Bertz CT molecular complexity index is 1070. The van der Waals surface area contributed by atoms with Crippen LogP contribution in [0.25, 0.3) is 0 Å². The summed E-state index contributed by atoms with van der Waals surface area (Å²) in [6.45, 7) is 0.449. The number of hydrogen-bond donors (Lipinski definition) is 2. The van der Waals surface area contributed by atoms with E-state index in [2.05, 4.69) is 15.6 Å². The molecule has 2 aliphatic rings. The number of thioether (sulfide) groups is 1. The van der Waals surface area contributed by atoms with Gasteiger partial charge < -0.3 is 15.4 Å². The van der Waals surface area contributed by atoms with Crippen LogP contribution in [0, 0.1) is 0 Å². The summed E-state index contributed by atoms with van der Waals surface area (Å²) in [4.78, 5) is 16.7. The predicted octanol–water partition coefficient (Wildman–Crippen LogP) is 2.23. The number of nitrogens with one attached hydrogen (secondary N) is 2. The van der Waals surface area contributed by atoms with Crippen molar-refractivity contribution in [2.45, 2.75) is 24.3 Å². The number of benzene rings is 2. The van der Waals surface area contributed by atoms with E-state index in [1.54, 1.807) is 7.11 Å². The summed E-state index contributed by atoms with van der Waals surface area (Å²) in [5.74, 6) is 1.05. The Balaban J connectivity index is 1.27. The highest BCUT2D eigenvalue weighted by Crippen LogP contribution is 2.34. The third-order valence-corrected chi connectivity index (χ3v) is 8.15. The van der Waals surface area contributed by atoms with Gasteiger partial charge in [0, 0.05) is 17.5 Å². The first kappa shape index (κ1) is 20.7. The van der Waals surface area contributed by atoms with Crippen molar-refractivity contribution in [3.8, 4) is 5.75 Å². The van der Waals surface area contributed by atoms with Gasteiger partial charge in [-0.1, -0.05) is 36.0 Å². The van der Waals surface area contributed by atoms with Gasteiger partial charge in [0.1, 0.15) is 5.75 Å². The van der Waals surface area contributed by atoms with Gasteiger partial charge in [0.2, 0.25) is 5.91 Å². The van der Waals surface area contributed by atoms with E-state index in [0.29, 0.717) is 13.0 Å². The van der Waals surface area contributed by atoms with Gasteiger partial charge in [0.25, 0.3) is 0 Å². The van der Waals surface area contributed by atoms with Crippen LogP contribution in [0.4, 0.5) is 5.69 Å². The molecule has 1 saturated heterocycles. The van der Waals surface area contributed by atoms with Crippen molar-refractivity contribution < 1.29 is 17.9 Å². The van der Waals surface area contributed by atoms with E-state index in [4.69, 9.17) is 4.74 Å². The number of amidine groups is 1. The summed E-state index contributed by atoms with van der Waals surface area (Å²) in [5, 5.41) is 6.93. The number of methoxy groups -OCH3 is 1. The number of anilines is 1. The molecular weight excluding hydrogens is 422 g/mol. The van der Waals surface area contributed by atoms with Crippen molar-refractivity contribution in [3.05, 3.63) is 59.7 Å². The third-order valence-electron chi connectivity index (χ3n) is 5.01. The maximum atomic E-state index is 12.2. The Hall–Kier alpha value is -2.52. The SMILES string of the molecule is COc1cccc(CNC(=O)Cc2ccc(NC3=N[C@@H]4CS(=O)(=O)C[C@@H]4S3)cc2)c1. The maximum Gasteiger partial charge on any atom is 0.224 e. The zero-order chi connectivity index (χ0) is 21.1. The molecule has 2 N–H and O–H groups in total. The summed E-state index contributed by atoms with van der Waals surface area (Å²) in [7, 11) is -1.33. The molecule has 0 radical (unpaired) electrons. The summed E-state index contributed by atoms with van der Waals surface area (Å²) >= 11 is 1.49. The molecule has 0 saturated carbocycles. The lowest BCUT2D eigenvalue weighted by molar-refractivity contribution is -0.120. The topological polar surface area (TPSA) is 96.9 Å². The summed E-state index contributed by atoms with van der Waals surface area (Å²) in [5.41, 5.74) is 2.76. The van der Waals surface area contributed by atoms with Gasteiger partial charge in [-0.25, -0.2) is 8.42 Å². The number of carbonyl (C=O) groups is 1. The van der Waals surface area contributed by atoms with Gasteiger partial charge in [-0.15, -0.1) is 0 Å². The molecule has 9 heteroatoms. The Morgan fingerprint density at radius 3 is 2.70 bits per heavy atom. The summed E-state index contributed by atoms with van der Waals surface area (Å²) in [6.07, 6.45) is 0.294. The molecule has 4 rings (SSSR count). The van der Waals surface area contributed by atoms with Crippen LogP contribution >= 0.6 is 11.8 Å². The molecule has 1 amide bonds. The molecule has 0 bridgehead atoms. The lowest BCUT2D eigenvalue weighted by atomic mass is 10.1. The molecule has 2 aliphatic heterocycles. The number of hydrogen-bond acceptors (Lipinski definition) is 7. The molecule has 2 aromatic carbocycles. The van der Waals surface area contributed by atoms with Crippen LogP contribution in [0.1, 0.15) is 11.1 Å². The fraction of sp³-hybridized carbons (Fsp3) is 0.333. The first-order valence-corrected chi connectivity index (χ1v) is 12.3. The van der Waals surface area contributed by atoms with Crippen LogP contribution in [0.5, 0.6) is 5.75 Å². The fourth-order valence-electron chi connectivity index (χ4n) is 3.48.